The highest BCUT2D eigenvalue weighted by Gasteiger charge is 2.40. The van der Waals surface area contributed by atoms with Crippen LogP contribution in [0.4, 0.5) is 17.1 Å². The van der Waals surface area contributed by atoms with Gasteiger partial charge in [0.2, 0.25) is 0 Å². The van der Waals surface area contributed by atoms with Crippen LogP contribution in [0, 0.1) is 6.92 Å². The van der Waals surface area contributed by atoms with Crippen LogP contribution in [0.15, 0.2) is 71.4 Å². The monoisotopic (exact) mass is 507 g/mol. The lowest BCUT2D eigenvalue weighted by Crippen LogP contribution is -2.32. The van der Waals surface area contributed by atoms with Crippen LogP contribution in [0.1, 0.15) is 15.9 Å². The molecule has 3 aromatic rings. The second-order valence-electron chi connectivity index (χ2n) is 7.81. The van der Waals surface area contributed by atoms with Crippen molar-refractivity contribution in [3.05, 3.63) is 82.5 Å². The van der Waals surface area contributed by atoms with Crippen LogP contribution < -0.4 is 30.2 Å². The summed E-state index contributed by atoms with van der Waals surface area (Å²) in [6, 6.07) is 15.9. The van der Waals surface area contributed by atoms with Crippen LogP contribution in [0.5, 0.6) is 17.2 Å². The first-order valence-electron chi connectivity index (χ1n) is 10.7. The van der Waals surface area contributed by atoms with Crippen molar-refractivity contribution in [2.24, 2.45) is 0 Å². The number of imide groups is 1. The summed E-state index contributed by atoms with van der Waals surface area (Å²) < 4.78 is 15.8. The molecule has 3 N–H and O–H groups in total. The van der Waals surface area contributed by atoms with Crippen molar-refractivity contribution in [1.82, 2.24) is 0 Å². The molecule has 4 rings (SSSR count). The lowest BCUT2D eigenvalue weighted by atomic mass is 10.2. The number of nitrogen functional groups attached to an aromatic ring is 1. The van der Waals surface area contributed by atoms with Crippen molar-refractivity contribution < 1.29 is 28.6 Å². The fraction of sp³-hybridized carbons (Fsp3) is 0.115. The number of rotatable bonds is 7. The summed E-state index contributed by atoms with van der Waals surface area (Å²) in [6.07, 6.45) is 0. The van der Waals surface area contributed by atoms with E-state index in [1.807, 2.05) is 6.92 Å². The molecular weight excluding hydrogens is 486 g/mol. The fourth-order valence-electron chi connectivity index (χ4n) is 3.55. The van der Waals surface area contributed by atoms with Crippen LogP contribution in [-0.4, -0.2) is 32.0 Å². The summed E-state index contributed by atoms with van der Waals surface area (Å²) >= 11 is 6.22. The Morgan fingerprint density at radius 3 is 2.28 bits per heavy atom. The van der Waals surface area contributed by atoms with Crippen LogP contribution >= 0.6 is 11.6 Å². The van der Waals surface area contributed by atoms with E-state index >= 15 is 0 Å². The Morgan fingerprint density at radius 2 is 1.64 bits per heavy atom. The topological polar surface area (TPSA) is 120 Å². The molecule has 0 saturated carbocycles. The van der Waals surface area contributed by atoms with Gasteiger partial charge in [-0.1, -0.05) is 17.7 Å². The Hall–Kier alpha value is -4.50. The number of halogens is 1. The number of hydrogen-bond acceptors (Lipinski definition) is 8. The average Bonchev–Trinajstić information content (AvgIpc) is 3.08. The van der Waals surface area contributed by atoms with E-state index in [-0.39, 0.29) is 33.5 Å². The molecule has 184 valence electrons. The molecule has 1 heterocycles. The molecule has 0 atom stereocenters. The number of amides is 2. The van der Waals surface area contributed by atoms with E-state index < -0.39 is 17.8 Å². The molecule has 0 aromatic heterocycles. The molecule has 0 aliphatic carbocycles. The zero-order valence-corrected chi connectivity index (χ0v) is 20.4. The van der Waals surface area contributed by atoms with Crippen LogP contribution in [0.25, 0.3) is 0 Å². The number of methoxy groups -OCH3 is 2. The predicted molar refractivity (Wildman–Crippen MR) is 136 cm³/mol. The molecule has 0 spiro atoms. The molecular formula is C26H22ClN3O6. The van der Waals surface area contributed by atoms with E-state index in [1.165, 1.54) is 32.4 Å². The second kappa shape index (κ2) is 10.0. The van der Waals surface area contributed by atoms with Gasteiger partial charge in [-0.25, -0.2) is 9.69 Å². The summed E-state index contributed by atoms with van der Waals surface area (Å²) in [4.78, 5) is 39.4. The Balaban J connectivity index is 1.51. The van der Waals surface area contributed by atoms with Crippen LogP contribution in [-0.2, 0) is 9.59 Å². The number of aryl methyl sites for hydroxylation is 1. The van der Waals surface area contributed by atoms with E-state index in [0.29, 0.717) is 17.1 Å². The third-order valence-corrected chi connectivity index (χ3v) is 5.76. The molecule has 3 aromatic carbocycles. The molecule has 1 aliphatic heterocycles. The minimum Gasteiger partial charge on any atom is -0.497 e. The maximum atomic E-state index is 13.1. The number of nitrogens with one attached hydrogen (secondary N) is 1. The third-order valence-electron chi connectivity index (χ3n) is 5.41. The van der Waals surface area contributed by atoms with E-state index in [2.05, 4.69) is 5.32 Å². The first-order chi connectivity index (χ1) is 17.2. The van der Waals surface area contributed by atoms with Crippen LogP contribution in [0.2, 0.25) is 0 Å². The number of hydrogen-bond donors (Lipinski definition) is 2. The second-order valence-corrected chi connectivity index (χ2v) is 8.18. The maximum Gasteiger partial charge on any atom is 0.343 e. The number of carbonyl (C=O) groups is 3. The van der Waals surface area contributed by atoms with E-state index in [0.717, 1.165) is 10.5 Å². The van der Waals surface area contributed by atoms with Crippen molar-refractivity contribution in [1.29, 1.82) is 0 Å². The largest absolute Gasteiger partial charge is 0.497 e. The van der Waals surface area contributed by atoms with Crippen molar-refractivity contribution in [3.8, 4) is 17.2 Å². The summed E-state index contributed by atoms with van der Waals surface area (Å²) in [5.74, 6) is -0.946. The summed E-state index contributed by atoms with van der Waals surface area (Å²) in [5, 5.41) is 2.58. The molecule has 0 unspecified atom stereocenters. The highest BCUT2D eigenvalue weighted by Crippen LogP contribution is 2.37. The smallest absolute Gasteiger partial charge is 0.343 e. The molecule has 2 amide bonds. The zero-order chi connectivity index (χ0) is 26.0. The number of nitrogens with zero attached hydrogens (tertiary/aromatic N) is 1. The lowest BCUT2D eigenvalue weighted by molar-refractivity contribution is -0.120. The minimum atomic E-state index is -0.705. The van der Waals surface area contributed by atoms with E-state index in [1.54, 1.807) is 42.5 Å². The SMILES string of the molecule is COc1ccc(N2C(=O)C(Cl)=C(Nc3ccc(C(=O)Oc4ccc(C)cc4N)cc3)C2=O)c(OC)c1. The third kappa shape index (κ3) is 4.69. The van der Waals surface area contributed by atoms with Gasteiger partial charge in [0.05, 0.1) is 31.2 Å². The fourth-order valence-corrected chi connectivity index (χ4v) is 3.77. The van der Waals surface area contributed by atoms with Crippen molar-refractivity contribution in [2.45, 2.75) is 6.92 Å². The van der Waals surface area contributed by atoms with Gasteiger partial charge in [0.1, 0.15) is 22.2 Å². The van der Waals surface area contributed by atoms with Gasteiger partial charge in [0.25, 0.3) is 11.8 Å². The Bertz CT molecular complexity index is 1400. The molecule has 36 heavy (non-hydrogen) atoms. The van der Waals surface area contributed by atoms with Crippen molar-refractivity contribution in [2.75, 3.05) is 30.2 Å². The first kappa shape index (κ1) is 24.6. The van der Waals surface area contributed by atoms with Crippen molar-refractivity contribution >= 4 is 46.4 Å². The number of nitrogens with two attached hydrogens (primary N) is 1. The quantitative estimate of drug-likeness (QED) is 0.211. The van der Waals surface area contributed by atoms with Gasteiger partial charge >= 0.3 is 5.97 Å². The van der Waals surface area contributed by atoms with Gasteiger partial charge in [-0.15, -0.1) is 0 Å². The Labute approximate surface area is 212 Å². The molecule has 0 radical (unpaired) electrons. The normalized spacial score (nSPS) is 13.2. The van der Waals surface area contributed by atoms with Gasteiger partial charge < -0.3 is 25.3 Å². The van der Waals surface area contributed by atoms with Gasteiger partial charge in [-0.05, 0) is 61.0 Å². The van der Waals surface area contributed by atoms with Crippen LogP contribution in [0.3, 0.4) is 0 Å². The van der Waals surface area contributed by atoms with E-state index in [9.17, 15) is 14.4 Å². The minimum absolute atomic E-state index is 0.109. The number of esters is 1. The molecule has 0 fully saturated rings. The molecule has 0 bridgehead atoms. The number of anilines is 3. The number of carbonyl (C=O) groups excluding carboxylic acids is 3. The number of ether oxygens (including phenoxy) is 3. The Kier molecular flexibility index (Phi) is 6.84. The van der Waals surface area contributed by atoms with E-state index in [4.69, 9.17) is 31.5 Å². The van der Waals surface area contributed by atoms with Gasteiger partial charge in [-0.3, -0.25) is 9.59 Å². The first-order valence-corrected chi connectivity index (χ1v) is 11.1. The summed E-state index contributed by atoms with van der Waals surface area (Å²) in [5.41, 5.74) is 8.00. The molecule has 0 saturated heterocycles. The predicted octanol–water partition coefficient (Wildman–Crippen LogP) is 4.25. The van der Waals surface area contributed by atoms with Gasteiger partial charge in [0, 0.05) is 11.8 Å². The van der Waals surface area contributed by atoms with Gasteiger partial charge in [-0.2, -0.15) is 0 Å². The molecule has 1 aliphatic rings. The number of benzene rings is 3. The Morgan fingerprint density at radius 1 is 0.917 bits per heavy atom. The summed E-state index contributed by atoms with van der Waals surface area (Å²) in [7, 11) is 2.90. The lowest BCUT2D eigenvalue weighted by Gasteiger charge is -2.18. The molecule has 10 heteroatoms. The average molecular weight is 508 g/mol. The highest BCUT2D eigenvalue weighted by molar-refractivity contribution is 6.53. The molecule has 9 nitrogen and oxygen atoms in total. The summed E-state index contributed by atoms with van der Waals surface area (Å²) in [6.45, 7) is 1.88. The zero-order valence-electron chi connectivity index (χ0n) is 19.6. The van der Waals surface area contributed by atoms with Crippen molar-refractivity contribution in [3.63, 3.8) is 0 Å². The maximum absolute atomic E-state index is 13.1. The van der Waals surface area contributed by atoms with Gasteiger partial charge in [0.15, 0.2) is 5.75 Å². The highest BCUT2D eigenvalue weighted by atomic mass is 35.5. The standard InChI is InChI=1S/C26H22ClN3O6/c1-14-4-11-20(18(28)12-14)36-26(33)15-5-7-16(8-6-15)29-23-22(27)24(31)30(25(23)32)19-10-9-17(34-2)13-21(19)35-3/h4-13,29H,28H2,1-3H3.